The molecule has 2 aromatic carbocycles. The van der Waals surface area contributed by atoms with Crippen molar-refractivity contribution in [1.29, 1.82) is 0 Å². The summed E-state index contributed by atoms with van der Waals surface area (Å²) in [5, 5.41) is 10.2. The molecule has 0 aromatic heterocycles. The number of rotatable bonds is 6. The number of benzene rings is 2. The predicted molar refractivity (Wildman–Crippen MR) is 93.2 cm³/mol. The summed E-state index contributed by atoms with van der Waals surface area (Å²) in [7, 11) is -4.22. The highest BCUT2D eigenvalue weighted by Crippen LogP contribution is 2.19. The minimum Gasteiger partial charge on any atom is -0.393 e. The molecule has 0 amide bonds. The van der Waals surface area contributed by atoms with Crippen LogP contribution in [0, 0.1) is 6.92 Å². The van der Waals surface area contributed by atoms with Crippen molar-refractivity contribution in [3.8, 4) is 0 Å². The van der Waals surface area contributed by atoms with Gasteiger partial charge in [-0.2, -0.15) is 8.42 Å². The first-order valence-corrected chi connectivity index (χ1v) is 9.48. The number of halogens is 1. The Morgan fingerprint density at radius 1 is 1.13 bits per heavy atom. The maximum atomic E-state index is 11.2. The molecule has 0 saturated heterocycles. The average Bonchev–Trinajstić information content (AvgIpc) is 2.48. The van der Waals surface area contributed by atoms with Crippen LogP contribution in [0.4, 0.5) is 0 Å². The summed E-state index contributed by atoms with van der Waals surface area (Å²) in [6, 6.07) is 12.3. The minimum absolute atomic E-state index is 0.141. The van der Waals surface area contributed by atoms with E-state index in [2.05, 4.69) is 15.9 Å². The molecule has 0 aliphatic rings. The Hall–Kier alpha value is -1.21. The zero-order valence-electron chi connectivity index (χ0n) is 12.7. The molecular formula is C17H19BrO4S. The predicted octanol–water partition coefficient (Wildman–Crippen LogP) is 3.54. The second-order valence-electron chi connectivity index (χ2n) is 5.59. The Kier molecular flexibility index (Phi) is 5.97. The van der Waals surface area contributed by atoms with E-state index in [4.69, 9.17) is 4.55 Å². The van der Waals surface area contributed by atoms with Crippen LogP contribution in [0.15, 0.2) is 51.8 Å². The second-order valence-corrected chi connectivity index (χ2v) is 7.92. The van der Waals surface area contributed by atoms with Crippen LogP contribution in [0.3, 0.4) is 0 Å². The molecule has 1 unspecified atom stereocenters. The first-order valence-electron chi connectivity index (χ1n) is 7.25. The molecule has 2 aromatic rings. The Bertz CT molecular complexity index is 770. The number of hydrogen-bond acceptors (Lipinski definition) is 3. The van der Waals surface area contributed by atoms with Crippen LogP contribution in [0.5, 0.6) is 0 Å². The van der Waals surface area contributed by atoms with Crippen LogP contribution in [0.2, 0.25) is 0 Å². The Balaban J connectivity index is 2.02. The Morgan fingerprint density at radius 3 is 2.39 bits per heavy atom. The lowest BCUT2D eigenvalue weighted by molar-refractivity contribution is 0.165. The van der Waals surface area contributed by atoms with Crippen molar-refractivity contribution in [2.24, 2.45) is 0 Å². The van der Waals surface area contributed by atoms with Crippen LogP contribution >= 0.6 is 15.9 Å². The second kappa shape index (κ2) is 7.57. The molecule has 1 atom stereocenters. The SMILES string of the molecule is Cc1ccc(S(=O)(=O)O)cc1CC(O)CCc1ccc(Br)cc1. The largest absolute Gasteiger partial charge is 0.393 e. The first-order chi connectivity index (χ1) is 10.8. The van der Waals surface area contributed by atoms with Gasteiger partial charge < -0.3 is 5.11 Å². The summed E-state index contributed by atoms with van der Waals surface area (Å²) in [5.74, 6) is 0. The smallest absolute Gasteiger partial charge is 0.294 e. The molecule has 0 heterocycles. The minimum atomic E-state index is -4.22. The molecule has 0 bridgehead atoms. The topological polar surface area (TPSA) is 74.6 Å². The van der Waals surface area contributed by atoms with Crippen molar-refractivity contribution >= 4 is 26.0 Å². The molecule has 0 radical (unpaired) electrons. The van der Waals surface area contributed by atoms with Crippen molar-refractivity contribution in [1.82, 2.24) is 0 Å². The fourth-order valence-electron chi connectivity index (χ4n) is 2.37. The fraction of sp³-hybridized carbons (Fsp3) is 0.294. The van der Waals surface area contributed by atoms with E-state index in [9.17, 15) is 13.5 Å². The number of aryl methyl sites for hydroxylation is 2. The monoisotopic (exact) mass is 398 g/mol. The fourth-order valence-corrected chi connectivity index (χ4v) is 3.16. The highest BCUT2D eigenvalue weighted by molar-refractivity contribution is 9.10. The van der Waals surface area contributed by atoms with Gasteiger partial charge in [-0.25, -0.2) is 0 Å². The van der Waals surface area contributed by atoms with Gasteiger partial charge in [0.25, 0.3) is 10.1 Å². The van der Waals surface area contributed by atoms with Gasteiger partial charge in [-0.1, -0.05) is 34.1 Å². The summed E-state index contributed by atoms with van der Waals surface area (Å²) in [5.41, 5.74) is 2.75. The van der Waals surface area contributed by atoms with E-state index < -0.39 is 16.2 Å². The molecular weight excluding hydrogens is 380 g/mol. The molecule has 2 N–H and O–H groups in total. The number of aliphatic hydroxyl groups is 1. The van der Waals surface area contributed by atoms with Crippen molar-refractivity contribution < 1.29 is 18.1 Å². The van der Waals surface area contributed by atoms with E-state index in [1.54, 1.807) is 6.07 Å². The summed E-state index contributed by atoms with van der Waals surface area (Å²) in [4.78, 5) is -0.141. The normalized spacial score (nSPS) is 13.0. The van der Waals surface area contributed by atoms with Crippen LogP contribution in [-0.2, 0) is 23.0 Å². The van der Waals surface area contributed by atoms with Crippen molar-refractivity contribution in [2.45, 2.75) is 37.2 Å². The van der Waals surface area contributed by atoms with Crippen LogP contribution in [0.1, 0.15) is 23.1 Å². The van der Waals surface area contributed by atoms with Gasteiger partial charge in [-0.05, 0) is 67.1 Å². The standard InChI is InChI=1S/C17H19BrO4S/c1-12-2-9-17(23(20,21)22)11-14(12)10-16(19)8-5-13-3-6-15(18)7-4-13/h2-4,6-7,9,11,16,19H,5,8,10H2,1H3,(H,20,21,22). The van der Waals surface area contributed by atoms with E-state index in [0.29, 0.717) is 12.8 Å². The lowest BCUT2D eigenvalue weighted by Crippen LogP contribution is -2.13. The van der Waals surface area contributed by atoms with Gasteiger partial charge in [0.05, 0.1) is 11.0 Å². The maximum absolute atomic E-state index is 11.2. The summed E-state index contributed by atoms with van der Waals surface area (Å²) in [6.45, 7) is 1.85. The molecule has 0 fully saturated rings. The molecule has 0 aliphatic carbocycles. The highest BCUT2D eigenvalue weighted by atomic mass is 79.9. The van der Waals surface area contributed by atoms with Crippen molar-refractivity contribution in [2.75, 3.05) is 0 Å². The molecule has 6 heteroatoms. The van der Waals surface area contributed by atoms with Gasteiger partial charge in [0.1, 0.15) is 0 Å². The van der Waals surface area contributed by atoms with Gasteiger partial charge in [0.15, 0.2) is 0 Å². The zero-order chi connectivity index (χ0) is 17.0. The Labute approximate surface area is 145 Å². The molecule has 2 rings (SSSR count). The van der Waals surface area contributed by atoms with E-state index in [1.807, 2.05) is 31.2 Å². The maximum Gasteiger partial charge on any atom is 0.294 e. The summed E-state index contributed by atoms with van der Waals surface area (Å²) < 4.78 is 32.6. The van der Waals surface area contributed by atoms with Gasteiger partial charge in [-0.3, -0.25) is 4.55 Å². The van der Waals surface area contributed by atoms with Crippen molar-refractivity contribution in [3.05, 3.63) is 63.6 Å². The van der Waals surface area contributed by atoms with Gasteiger partial charge in [0.2, 0.25) is 0 Å². The zero-order valence-corrected chi connectivity index (χ0v) is 15.1. The van der Waals surface area contributed by atoms with E-state index in [0.717, 1.165) is 27.6 Å². The molecule has 0 saturated carbocycles. The third-order valence-electron chi connectivity index (χ3n) is 3.75. The van der Waals surface area contributed by atoms with E-state index in [1.165, 1.54) is 12.1 Å². The summed E-state index contributed by atoms with van der Waals surface area (Å²) >= 11 is 3.38. The van der Waals surface area contributed by atoms with Crippen molar-refractivity contribution in [3.63, 3.8) is 0 Å². The first kappa shape index (κ1) is 18.1. The van der Waals surface area contributed by atoms with Crippen LogP contribution in [0.25, 0.3) is 0 Å². The molecule has 124 valence electrons. The van der Waals surface area contributed by atoms with Gasteiger partial charge >= 0.3 is 0 Å². The van der Waals surface area contributed by atoms with Crippen LogP contribution < -0.4 is 0 Å². The lowest BCUT2D eigenvalue weighted by atomic mass is 9.98. The number of hydrogen-bond donors (Lipinski definition) is 2. The van der Waals surface area contributed by atoms with Crippen LogP contribution in [-0.4, -0.2) is 24.2 Å². The lowest BCUT2D eigenvalue weighted by Gasteiger charge is -2.13. The number of aliphatic hydroxyl groups excluding tert-OH is 1. The third-order valence-corrected chi connectivity index (χ3v) is 5.13. The average molecular weight is 399 g/mol. The van der Waals surface area contributed by atoms with E-state index in [-0.39, 0.29) is 4.90 Å². The summed E-state index contributed by atoms with van der Waals surface area (Å²) in [6.07, 6.45) is 1.10. The quantitative estimate of drug-likeness (QED) is 0.729. The van der Waals surface area contributed by atoms with E-state index >= 15 is 0 Å². The van der Waals surface area contributed by atoms with Gasteiger partial charge in [-0.15, -0.1) is 0 Å². The third kappa shape index (κ3) is 5.42. The molecule has 0 aliphatic heterocycles. The van der Waals surface area contributed by atoms with Gasteiger partial charge in [0, 0.05) is 4.47 Å². The highest BCUT2D eigenvalue weighted by Gasteiger charge is 2.14. The Morgan fingerprint density at radius 2 is 1.78 bits per heavy atom. The molecule has 23 heavy (non-hydrogen) atoms. The molecule has 4 nitrogen and oxygen atoms in total. The molecule has 0 spiro atoms.